The molecule has 1 heterocycles. The van der Waals surface area contributed by atoms with E-state index < -0.39 is 23.6 Å². The monoisotopic (exact) mass is 434 g/mol. The minimum absolute atomic E-state index is 0.0610. The number of aromatic nitrogens is 1. The van der Waals surface area contributed by atoms with Crippen LogP contribution >= 0.6 is 0 Å². The zero-order valence-electron chi connectivity index (χ0n) is 17.0. The van der Waals surface area contributed by atoms with Gasteiger partial charge in [-0.2, -0.15) is 13.2 Å². The van der Waals surface area contributed by atoms with E-state index in [4.69, 9.17) is 9.47 Å². The van der Waals surface area contributed by atoms with Crippen LogP contribution in [-0.4, -0.2) is 42.0 Å². The van der Waals surface area contributed by atoms with Gasteiger partial charge in [0.25, 0.3) is 5.91 Å². The number of amides is 1. The largest absolute Gasteiger partial charge is 0.497 e. The van der Waals surface area contributed by atoms with Crippen LogP contribution in [0.5, 0.6) is 5.75 Å². The number of hydrogen-bond donors (Lipinski definition) is 1. The lowest BCUT2D eigenvalue weighted by Crippen LogP contribution is -2.36. The van der Waals surface area contributed by atoms with Crippen LogP contribution in [0.25, 0.3) is 10.9 Å². The predicted molar refractivity (Wildman–Crippen MR) is 108 cm³/mol. The van der Waals surface area contributed by atoms with Crippen LogP contribution in [0.2, 0.25) is 0 Å². The van der Waals surface area contributed by atoms with Gasteiger partial charge in [0.05, 0.1) is 19.3 Å². The van der Waals surface area contributed by atoms with Gasteiger partial charge in [0.15, 0.2) is 0 Å². The average molecular weight is 434 g/mol. The first-order valence-electron chi connectivity index (χ1n) is 9.49. The number of hydrogen-bond acceptors (Lipinski definition) is 4. The third-order valence-corrected chi connectivity index (χ3v) is 4.63. The van der Waals surface area contributed by atoms with Gasteiger partial charge in [-0.3, -0.25) is 9.59 Å². The fourth-order valence-electron chi connectivity index (χ4n) is 3.10. The van der Waals surface area contributed by atoms with Crippen molar-refractivity contribution in [3.63, 3.8) is 0 Å². The Morgan fingerprint density at radius 1 is 1.06 bits per heavy atom. The molecule has 3 aromatic rings. The second-order valence-corrected chi connectivity index (χ2v) is 6.80. The molecule has 0 saturated carbocycles. The molecular weight excluding hydrogens is 413 g/mol. The van der Waals surface area contributed by atoms with Gasteiger partial charge in [0, 0.05) is 23.5 Å². The molecule has 0 aliphatic rings. The summed E-state index contributed by atoms with van der Waals surface area (Å²) in [7, 11) is 1.53. The molecule has 9 heteroatoms. The molecule has 0 atom stereocenters. The van der Waals surface area contributed by atoms with Gasteiger partial charge in [-0.1, -0.05) is 12.1 Å². The highest BCUT2D eigenvalue weighted by atomic mass is 19.4. The summed E-state index contributed by atoms with van der Waals surface area (Å²) in [6.45, 7) is 1.39. The Balaban J connectivity index is 1.87. The SMILES string of the molecule is CCOC(=O)CN(Cc1ccc(C(F)(F)F)cc1)C(=O)c1cc2ccc(OC)cc2[nH]1. The van der Waals surface area contributed by atoms with Crippen molar-refractivity contribution in [2.75, 3.05) is 20.3 Å². The van der Waals surface area contributed by atoms with E-state index in [1.165, 1.54) is 24.1 Å². The number of alkyl halides is 3. The Bertz CT molecular complexity index is 1070. The van der Waals surface area contributed by atoms with E-state index in [1.807, 2.05) is 0 Å². The fourth-order valence-corrected chi connectivity index (χ4v) is 3.10. The topological polar surface area (TPSA) is 71.6 Å². The maximum Gasteiger partial charge on any atom is 0.416 e. The third-order valence-electron chi connectivity index (χ3n) is 4.63. The molecule has 1 aromatic heterocycles. The third kappa shape index (κ3) is 5.36. The number of esters is 1. The van der Waals surface area contributed by atoms with Crippen LogP contribution in [0.1, 0.15) is 28.5 Å². The molecule has 0 fully saturated rings. The van der Waals surface area contributed by atoms with Gasteiger partial charge in [-0.15, -0.1) is 0 Å². The molecule has 0 bridgehead atoms. The van der Waals surface area contributed by atoms with E-state index in [9.17, 15) is 22.8 Å². The standard InChI is InChI=1S/C22H21F3N2O4/c1-3-31-20(28)13-27(12-14-4-7-16(8-5-14)22(23,24)25)21(29)19-10-15-6-9-17(30-2)11-18(15)26-19/h4-11,26H,3,12-13H2,1-2H3. The average Bonchev–Trinajstić information content (AvgIpc) is 3.16. The highest BCUT2D eigenvalue weighted by Gasteiger charge is 2.30. The number of nitrogens with zero attached hydrogens (tertiary/aromatic N) is 1. The van der Waals surface area contributed by atoms with Crippen molar-refractivity contribution in [3.8, 4) is 5.75 Å². The van der Waals surface area contributed by atoms with Crippen LogP contribution in [0, 0.1) is 0 Å². The van der Waals surface area contributed by atoms with E-state index in [0.717, 1.165) is 17.5 Å². The summed E-state index contributed by atoms with van der Waals surface area (Å²) in [6.07, 6.45) is -4.45. The summed E-state index contributed by atoms with van der Waals surface area (Å²) in [5.41, 5.74) is 0.570. The lowest BCUT2D eigenvalue weighted by molar-refractivity contribution is -0.144. The molecule has 1 amide bonds. The number of carbonyl (C=O) groups excluding carboxylic acids is 2. The number of nitrogens with one attached hydrogen (secondary N) is 1. The number of aromatic amines is 1. The van der Waals surface area contributed by atoms with Gasteiger partial charge in [0.2, 0.25) is 0 Å². The molecule has 6 nitrogen and oxygen atoms in total. The van der Waals surface area contributed by atoms with E-state index in [2.05, 4.69) is 4.98 Å². The second-order valence-electron chi connectivity index (χ2n) is 6.80. The van der Waals surface area contributed by atoms with Gasteiger partial charge >= 0.3 is 12.1 Å². The summed E-state index contributed by atoms with van der Waals surface area (Å²) >= 11 is 0. The first-order valence-corrected chi connectivity index (χ1v) is 9.49. The van der Waals surface area contributed by atoms with Crippen molar-refractivity contribution in [2.24, 2.45) is 0 Å². The lowest BCUT2D eigenvalue weighted by atomic mass is 10.1. The van der Waals surface area contributed by atoms with Crippen molar-refractivity contribution in [1.82, 2.24) is 9.88 Å². The van der Waals surface area contributed by atoms with Crippen molar-refractivity contribution >= 4 is 22.8 Å². The van der Waals surface area contributed by atoms with Gasteiger partial charge < -0.3 is 19.4 Å². The Labute approximate surface area is 176 Å². The molecule has 0 radical (unpaired) electrons. The number of carbonyl (C=O) groups is 2. The van der Waals surface area contributed by atoms with E-state index in [1.54, 1.807) is 31.2 Å². The van der Waals surface area contributed by atoms with Crippen LogP contribution in [-0.2, 0) is 22.3 Å². The number of benzene rings is 2. The molecule has 0 aliphatic carbocycles. The Morgan fingerprint density at radius 3 is 2.39 bits per heavy atom. The van der Waals surface area contributed by atoms with Gasteiger partial charge in [-0.05, 0) is 42.8 Å². The number of H-pyrrole nitrogens is 1. The Morgan fingerprint density at radius 2 is 1.77 bits per heavy atom. The number of rotatable bonds is 7. The molecule has 164 valence electrons. The minimum atomic E-state index is -4.45. The van der Waals surface area contributed by atoms with Crippen LogP contribution in [0.15, 0.2) is 48.5 Å². The number of fused-ring (bicyclic) bond motifs is 1. The zero-order chi connectivity index (χ0) is 22.6. The lowest BCUT2D eigenvalue weighted by Gasteiger charge is -2.21. The quantitative estimate of drug-likeness (QED) is 0.560. The summed E-state index contributed by atoms with van der Waals surface area (Å²) in [5.74, 6) is -0.481. The minimum Gasteiger partial charge on any atom is -0.497 e. The van der Waals surface area contributed by atoms with Crippen molar-refractivity contribution in [3.05, 3.63) is 65.4 Å². The molecule has 0 aliphatic heterocycles. The Hall–Kier alpha value is -3.49. The molecule has 0 unspecified atom stereocenters. The van der Waals surface area contributed by atoms with Crippen molar-refractivity contribution in [1.29, 1.82) is 0 Å². The van der Waals surface area contributed by atoms with Crippen molar-refractivity contribution < 1.29 is 32.2 Å². The first-order chi connectivity index (χ1) is 14.7. The smallest absolute Gasteiger partial charge is 0.416 e. The summed E-state index contributed by atoms with van der Waals surface area (Å²) < 4.78 is 48.5. The number of halogens is 3. The first kappa shape index (κ1) is 22.2. The number of methoxy groups -OCH3 is 1. The highest BCUT2D eigenvalue weighted by molar-refractivity contribution is 5.99. The van der Waals surface area contributed by atoms with Crippen molar-refractivity contribution in [2.45, 2.75) is 19.6 Å². The summed E-state index contributed by atoms with van der Waals surface area (Å²) in [4.78, 5) is 29.4. The maximum atomic E-state index is 13.1. The normalized spacial score (nSPS) is 11.4. The molecule has 3 rings (SSSR count). The zero-order valence-corrected chi connectivity index (χ0v) is 17.0. The van der Waals surface area contributed by atoms with Crippen LogP contribution in [0.4, 0.5) is 13.2 Å². The molecule has 0 spiro atoms. The van der Waals surface area contributed by atoms with Gasteiger partial charge in [-0.25, -0.2) is 0 Å². The molecular formula is C22H21F3N2O4. The van der Waals surface area contributed by atoms with Gasteiger partial charge in [0.1, 0.15) is 18.0 Å². The van der Waals surface area contributed by atoms with E-state index in [-0.39, 0.29) is 25.4 Å². The van der Waals surface area contributed by atoms with Crippen LogP contribution < -0.4 is 4.74 Å². The molecule has 0 saturated heterocycles. The Kier molecular flexibility index (Phi) is 6.53. The van der Waals surface area contributed by atoms with E-state index in [0.29, 0.717) is 16.8 Å². The van der Waals surface area contributed by atoms with E-state index >= 15 is 0 Å². The summed E-state index contributed by atoms with van der Waals surface area (Å²) in [6, 6.07) is 11.4. The molecule has 2 aromatic carbocycles. The molecule has 31 heavy (non-hydrogen) atoms. The summed E-state index contributed by atoms with van der Waals surface area (Å²) in [5, 5.41) is 0.773. The van der Waals surface area contributed by atoms with Crippen LogP contribution in [0.3, 0.4) is 0 Å². The maximum absolute atomic E-state index is 13.1. The second kappa shape index (κ2) is 9.11. The highest BCUT2D eigenvalue weighted by Crippen LogP contribution is 2.29. The molecule has 1 N–H and O–H groups in total. The number of ether oxygens (including phenoxy) is 2. The predicted octanol–water partition coefficient (Wildman–Crippen LogP) is 4.40. The fraction of sp³-hybridized carbons (Fsp3) is 0.273.